The van der Waals surface area contributed by atoms with E-state index in [0.29, 0.717) is 0 Å². The highest BCUT2D eigenvalue weighted by molar-refractivity contribution is 8.00. The maximum Gasteiger partial charge on any atom is 0.235 e. The van der Waals surface area contributed by atoms with Gasteiger partial charge in [-0.2, -0.15) is 0 Å². The third-order valence-electron chi connectivity index (χ3n) is 4.16. The summed E-state index contributed by atoms with van der Waals surface area (Å²) in [5, 5.41) is 9.18. The summed E-state index contributed by atoms with van der Waals surface area (Å²) in [6.07, 6.45) is 3.46. The summed E-state index contributed by atoms with van der Waals surface area (Å²) in [5.41, 5.74) is 1.03. The predicted molar refractivity (Wildman–Crippen MR) is 92.2 cm³/mol. The molecule has 1 aromatic heterocycles. The Hall–Kier alpha value is -1.82. The van der Waals surface area contributed by atoms with Crippen LogP contribution in [0.2, 0.25) is 0 Å². The first kappa shape index (κ1) is 16.1. The molecule has 0 saturated carbocycles. The molecule has 2 aromatic rings. The Balaban J connectivity index is 1.70. The fourth-order valence-corrected chi connectivity index (χ4v) is 3.73. The Kier molecular flexibility index (Phi) is 5.00. The monoisotopic (exact) mass is 330 g/mol. The molecule has 3 rings (SSSR count). The number of piperidine rings is 1. The van der Waals surface area contributed by atoms with Crippen LogP contribution in [-0.2, 0) is 11.8 Å². The van der Waals surface area contributed by atoms with E-state index in [1.807, 2.05) is 53.8 Å². The molecule has 6 heteroatoms. The average Bonchev–Trinajstić information content (AvgIpc) is 2.96. The minimum absolute atomic E-state index is 0.139. The molecule has 0 aliphatic carbocycles. The molecule has 1 aliphatic heterocycles. The highest BCUT2D eigenvalue weighted by Crippen LogP contribution is 2.27. The topological polar surface area (TPSA) is 51.0 Å². The van der Waals surface area contributed by atoms with Gasteiger partial charge in [0.2, 0.25) is 5.91 Å². The van der Waals surface area contributed by atoms with Crippen LogP contribution in [0.3, 0.4) is 0 Å². The lowest BCUT2D eigenvalue weighted by molar-refractivity contribution is -0.131. The Morgan fingerprint density at radius 2 is 1.83 bits per heavy atom. The van der Waals surface area contributed by atoms with Gasteiger partial charge >= 0.3 is 0 Å². The van der Waals surface area contributed by atoms with E-state index in [1.54, 1.807) is 0 Å². The van der Waals surface area contributed by atoms with Gasteiger partial charge in [0, 0.05) is 25.7 Å². The van der Waals surface area contributed by atoms with Crippen LogP contribution >= 0.6 is 11.8 Å². The van der Waals surface area contributed by atoms with Gasteiger partial charge in [-0.25, -0.2) is 0 Å². The van der Waals surface area contributed by atoms with E-state index in [9.17, 15) is 4.79 Å². The SMILES string of the molecule is C[C@@H](Sc1nnc(-c2ccccc2)n1C)C(=O)N1CCCCC1. The second-order valence-electron chi connectivity index (χ2n) is 5.88. The molecular weight excluding hydrogens is 308 g/mol. The molecule has 2 heterocycles. The summed E-state index contributed by atoms with van der Waals surface area (Å²) < 4.78 is 1.96. The molecule has 0 unspecified atom stereocenters. The number of hydrogen-bond acceptors (Lipinski definition) is 4. The molecule has 0 spiro atoms. The number of benzene rings is 1. The lowest BCUT2D eigenvalue weighted by Gasteiger charge is -2.28. The summed E-state index contributed by atoms with van der Waals surface area (Å²) >= 11 is 1.49. The fourth-order valence-electron chi connectivity index (χ4n) is 2.84. The van der Waals surface area contributed by atoms with Gasteiger partial charge in [-0.15, -0.1) is 10.2 Å². The van der Waals surface area contributed by atoms with Crippen molar-refractivity contribution in [1.29, 1.82) is 0 Å². The van der Waals surface area contributed by atoms with Gasteiger partial charge in [0.15, 0.2) is 11.0 Å². The molecule has 23 heavy (non-hydrogen) atoms. The number of likely N-dealkylation sites (tertiary alicyclic amines) is 1. The third-order valence-corrected chi connectivity index (χ3v) is 5.29. The van der Waals surface area contributed by atoms with E-state index in [2.05, 4.69) is 10.2 Å². The summed E-state index contributed by atoms with van der Waals surface area (Å²) in [6, 6.07) is 9.98. The smallest absolute Gasteiger partial charge is 0.235 e. The maximum absolute atomic E-state index is 12.5. The molecule has 0 radical (unpaired) electrons. The second kappa shape index (κ2) is 7.17. The molecule has 1 atom stereocenters. The molecule has 1 amide bonds. The van der Waals surface area contributed by atoms with Crippen molar-refractivity contribution in [2.45, 2.75) is 36.6 Å². The normalized spacial score (nSPS) is 16.3. The van der Waals surface area contributed by atoms with Crippen molar-refractivity contribution >= 4 is 17.7 Å². The lowest BCUT2D eigenvalue weighted by Crippen LogP contribution is -2.40. The van der Waals surface area contributed by atoms with Crippen molar-refractivity contribution in [3.63, 3.8) is 0 Å². The molecular formula is C17H22N4OS. The van der Waals surface area contributed by atoms with E-state index in [-0.39, 0.29) is 11.2 Å². The minimum atomic E-state index is -0.139. The number of aromatic nitrogens is 3. The van der Waals surface area contributed by atoms with Crippen molar-refractivity contribution in [3.8, 4) is 11.4 Å². The molecule has 1 aromatic carbocycles. The standard InChI is InChI=1S/C17H22N4OS/c1-13(16(22)21-11-7-4-8-12-21)23-17-19-18-15(20(17)2)14-9-5-3-6-10-14/h3,5-6,9-10,13H,4,7-8,11-12H2,1-2H3/t13-/m1/s1. The lowest BCUT2D eigenvalue weighted by atomic mass is 10.1. The Morgan fingerprint density at radius 3 is 2.52 bits per heavy atom. The van der Waals surface area contributed by atoms with E-state index < -0.39 is 0 Å². The molecule has 1 fully saturated rings. The van der Waals surface area contributed by atoms with Crippen molar-refractivity contribution in [2.75, 3.05) is 13.1 Å². The largest absolute Gasteiger partial charge is 0.342 e. The summed E-state index contributed by atoms with van der Waals surface area (Å²) in [5.74, 6) is 1.03. The maximum atomic E-state index is 12.5. The molecule has 1 aliphatic rings. The van der Waals surface area contributed by atoms with Crippen LogP contribution in [-0.4, -0.2) is 43.9 Å². The summed E-state index contributed by atoms with van der Waals surface area (Å²) in [6.45, 7) is 3.73. The number of carbonyl (C=O) groups is 1. The third kappa shape index (κ3) is 3.58. The van der Waals surface area contributed by atoms with Gasteiger partial charge < -0.3 is 9.47 Å². The van der Waals surface area contributed by atoms with Crippen molar-refractivity contribution in [1.82, 2.24) is 19.7 Å². The first-order valence-corrected chi connectivity index (χ1v) is 8.95. The number of rotatable bonds is 4. The molecule has 122 valence electrons. The summed E-state index contributed by atoms with van der Waals surface area (Å²) in [7, 11) is 1.95. The zero-order valence-electron chi connectivity index (χ0n) is 13.6. The molecule has 0 bridgehead atoms. The van der Waals surface area contributed by atoms with Crippen LogP contribution in [0.4, 0.5) is 0 Å². The average molecular weight is 330 g/mol. The van der Waals surface area contributed by atoms with Crippen LogP contribution < -0.4 is 0 Å². The van der Waals surface area contributed by atoms with Crippen LogP contribution in [0.5, 0.6) is 0 Å². The highest BCUT2D eigenvalue weighted by atomic mass is 32.2. The Morgan fingerprint density at radius 1 is 1.13 bits per heavy atom. The highest BCUT2D eigenvalue weighted by Gasteiger charge is 2.24. The van der Waals surface area contributed by atoms with Gasteiger partial charge in [-0.1, -0.05) is 42.1 Å². The number of amides is 1. The zero-order chi connectivity index (χ0) is 16.2. The molecule has 0 N–H and O–H groups in total. The molecule has 1 saturated heterocycles. The van der Waals surface area contributed by atoms with Crippen LogP contribution in [0.1, 0.15) is 26.2 Å². The number of nitrogens with zero attached hydrogens (tertiary/aromatic N) is 4. The Bertz CT molecular complexity index is 664. The van der Waals surface area contributed by atoms with Gasteiger partial charge in [0.1, 0.15) is 0 Å². The van der Waals surface area contributed by atoms with Crippen molar-refractivity contribution in [3.05, 3.63) is 30.3 Å². The minimum Gasteiger partial charge on any atom is -0.342 e. The van der Waals surface area contributed by atoms with E-state index in [4.69, 9.17) is 0 Å². The first-order chi connectivity index (χ1) is 11.2. The van der Waals surface area contributed by atoms with Crippen LogP contribution in [0.15, 0.2) is 35.5 Å². The quantitative estimate of drug-likeness (QED) is 0.809. The van der Waals surface area contributed by atoms with E-state index in [1.165, 1.54) is 18.2 Å². The number of thioether (sulfide) groups is 1. The van der Waals surface area contributed by atoms with Gasteiger partial charge in [0.25, 0.3) is 0 Å². The van der Waals surface area contributed by atoms with Gasteiger partial charge in [-0.3, -0.25) is 4.79 Å². The van der Waals surface area contributed by atoms with Crippen LogP contribution in [0, 0.1) is 0 Å². The van der Waals surface area contributed by atoms with Gasteiger partial charge in [0.05, 0.1) is 5.25 Å². The molecule has 5 nitrogen and oxygen atoms in total. The number of carbonyl (C=O) groups excluding carboxylic acids is 1. The van der Waals surface area contributed by atoms with Crippen molar-refractivity contribution < 1.29 is 4.79 Å². The Labute approximate surface area is 141 Å². The van der Waals surface area contributed by atoms with E-state index in [0.717, 1.165) is 42.5 Å². The summed E-state index contributed by atoms with van der Waals surface area (Å²) in [4.78, 5) is 14.5. The number of hydrogen-bond donors (Lipinski definition) is 0. The fraction of sp³-hybridized carbons (Fsp3) is 0.471. The van der Waals surface area contributed by atoms with E-state index >= 15 is 0 Å². The first-order valence-electron chi connectivity index (χ1n) is 8.07. The van der Waals surface area contributed by atoms with Crippen molar-refractivity contribution in [2.24, 2.45) is 7.05 Å². The van der Waals surface area contributed by atoms with Crippen LogP contribution in [0.25, 0.3) is 11.4 Å². The van der Waals surface area contributed by atoms with Gasteiger partial charge in [-0.05, 0) is 26.2 Å². The second-order valence-corrected chi connectivity index (χ2v) is 7.19. The predicted octanol–water partition coefficient (Wildman–Crippen LogP) is 2.98. The zero-order valence-corrected chi connectivity index (χ0v) is 14.4.